The van der Waals surface area contributed by atoms with Crippen LogP contribution in [0.1, 0.15) is 19.4 Å². The molecule has 7 heteroatoms. The minimum atomic E-state index is -2.97. The lowest BCUT2D eigenvalue weighted by Crippen LogP contribution is -2.41. The Kier molecular flexibility index (Phi) is 3.43. The topological polar surface area (TPSA) is 72.3 Å². The zero-order chi connectivity index (χ0) is 13.3. The summed E-state index contributed by atoms with van der Waals surface area (Å²) in [5.74, 6) is 0.132. The first kappa shape index (κ1) is 13.1. The summed E-state index contributed by atoms with van der Waals surface area (Å²) in [6, 6.07) is 1.14. The summed E-state index contributed by atoms with van der Waals surface area (Å²) >= 11 is 0. The Morgan fingerprint density at radius 3 is 2.78 bits per heavy atom. The molecule has 2 rings (SSSR count). The predicted octanol–water partition coefficient (Wildman–Crippen LogP) is 0.0896. The first-order chi connectivity index (χ1) is 8.41. The van der Waals surface area contributed by atoms with E-state index in [4.69, 9.17) is 0 Å². The van der Waals surface area contributed by atoms with Crippen LogP contribution in [0.25, 0.3) is 0 Å². The van der Waals surface area contributed by atoms with E-state index >= 15 is 0 Å². The van der Waals surface area contributed by atoms with Gasteiger partial charge < -0.3 is 4.90 Å². The highest BCUT2D eigenvalue weighted by Crippen LogP contribution is 2.19. The largest absolute Gasteiger partial charge is 0.340 e. The highest BCUT2D eigenvalue weighted by Gasteiger charge is 2.34. The van der Waals surface area contributed by atoms with Crippen LogP contribution in [-0.2, 0) is 14.6 Å². The number of nitrogens with zero attached hydrogens (tertiary/aromatic N) is 3. The molecule has 2 atom stereocenters. The van der Waals surface area contributed by atoms with E-state index in [2.05, 4.69) is 5.10 Å². The van der Waals surface area contributed by atoms with Crippen LogP contribution in [0.4, 0.5) is 0 Å². The fraction of sp³-hybridized carbons (Fsp3) is 0.636. The zero-order valence-electron chi connectivity index (χ0n) is 10.5. The molecular formula is C11H17N3O3S. The van der Waals surface area contributed by atoms with Crippen molar-refractivity contribution in [3.8, 4) is 0 Å². The molecule has 1 aromatic heterocycles. The molecule has 0 aromatic carbocycles. The molecule has 0 spiro atoms. The van der Waals surface area contributed by atoms with E-state index in [1.807, 2.05) is 0 Å². The first-order valence-electron chi connectivity index (χ1n) is 5.87. The molecule has 1 aliphatic rings. The Labute approximate surface area is 106 Å². The maximum Gasteiger partial charge on any atom is 0.247 e. The third-order valence-corrected chi connectivity index (χ3v) is 5.13. The number of hydrogen-bond donors (Lipinski definition) is 0. The van der Waals surface area contributed by atoms with Crippen molar-refractivity contribution in [2.75, 3.05) is 18.6 Å². The predicted molar refractivity (Wildman–Crippen MR) is 66.8 cm³/mol. The normalized spacial score (nSPS) is 23.8. The summed E-state index contributed by atoms with van der Waals surface area (Å²) in [5, 5.41) is 4.03. The fourth-order valence-corrected chi connectivity index (χ4v) is 3.95. The fourth-order valence-electron chi connectivity index (χ4n) is 2.18. The van der Waals surface area contributed by atoms with E-state index < -0.39 is 15.9 Å². The van der Waals surface area contributed by atoms with Gasteiger partial charge in [0.25, 0.3) is 0 Å². The van der Waals surface area contributed by atoms with Gasteiger partial charge in [-0.15, -0.1) is 0 Å². The van der Waals surface area contributed by atoms with Crippen molar-refractivity contribution in [3.05, 3.63) is 18.5 Å². The smallest absolute Gasteiger partial charge is 0.247 e. The molecule has 1 aliphatic heterocycles. The van der Waals surface area contributed by atoms with Crippen molar-refractivity contribution in [1.82, 2.24) is 14.7 Å². The van der Waals surface area contributed by atoms with Gasteiger partial charge in [0, 0.05) is 25.5 Å². The molecule has 1 fully saturated rings. The lowest BCUT2D eigenvalue weighted by atomic mass is 10.2. The summed E-state index contributed by atoms with van der Waals surface area (Å²) in [4.78, 5) is 13.7. The molecule has 1 aromatic rings. The number of hydrogen-bond acceptors (Lipinski definition) is 4. The molecule has 0 saturated carbocycles. The SMILES string of the molecule is C[C@@H](C(=O)N(C)[C@@H]1CCS(=O)(=O)C1)n1cccn1. The van der Waals surface area contributed by atoms with Gasteiger partial charge in [-0.25, -0.2) is 8.42 Å². The van der Waals surface area contributed by atoms with Gasteiger partial charge in [-0.1, -0.05) is 0 Å². The van der Waals surface area contributed by atoms with Gasteiger partial charge in [-0.2, -0.15) is 5.10 Å². The van der Waals surface area contributed by atoms with E-state index in [-0.39, 0.29) is 23.5 Å². The summed E-state index contributed by atoms with van der Waals surface area (Å²) in [5.41, 5.74) is 0. The Bertz CT molecular complexity index is 524. The van der Waals surface area contributed by atoms with Gasteiger partial charge in [0.15, 0.2) is 9.84 Å². The lowest BCUT2D eigenvalue weighted by Gasteiger charge is -2.26. The molecule has 1 saturated heterocycles. The monoisotopic (exact) mass is 271 g/mol. The van der Waals surface area contributed by atoms with Crippen LogP contribution >= 0.6 is 0 Å². The molecule has 2 heterocycles. The van der Waals surface area contributed by atoms with Gasteiger partial charge in [0.05, 0.1) is 11.5 Å². The molecule has 0 unspecified atom stereocenters. The van der Waals surface area contributed by atoms with Crippen molar-refractivity contribution < 1.29 is 13.2 Å². The Hall–Kier alpha value is -1.37. The third-order valence-electron chi connectivity index (χ3n) is 3.38. The van der Waals surface area contributed by atoms with Crippen LogP contribution in [0.3, 0.4) is 0 Å². The van der Waals surface area contributed by atoms with Crippen LogP contribution in [-0.4, -0.2) is 53.6 Å². The maximum absolute atomic E-state index is 12.2. The van der Waals surface area contributed by atoms with Gasteiger partial charge in [-0.3, -0.25) is 9.48 Å². The molecule has 0 bridgehead atoms. The highest BCUT2D eigenvalue weighted by molar-refractivity contribution is 7.91. The minimum Gasteiger partial charge on any atom is -0.340 e. The van der Waals surface area contributed by atoms with E-state index in [1.54, 1.807) is 37.1 Å². The van der Waals surface area contributed by atoms with E-state index in [0.717, 1.165) is 0 Å². The van der Waals surface area contributed by atoms with Crippen LogP contribution in [0, 0.1) is 0 Å². The summed E-state index contributed by atoms with van der Waals surface area (Å²) in [6.07, 6.45) is 3.86. The van der Waals surface area contributed by atoms with Gasteiger partial charge in [0.2, 0.25) is 5.91 Å². The van der Waals surface area contributed by atoms with Crippen molar-refractivity contribution in [2.45, 2.75) is 25.4 Å². The number of carbonyl (C=O) groups is 1. The molecular weight excluding hydrogens is 254 g/mol. The molecule has 0 aliphatic carbocycles. The van der Waals surface area contributed by atoms with Crippen LogP contribution < -0.4 is 0 Å². The van der Waals surface area contributed by atoms with Gasteiger partial charge >= 0.3 is 0 Å². The van der Waals surface area contributed by atoms with Crippen molar-refractivity contribution in [3.63, 3.8) is 0 Å². The van der Waals surface area contributed by atoms with Gasteiger partial charge in [-0.05, 0) is 19.4 Å². The van der Waals surface area contributed by atoms with E-state index in [1.165, 1.54) is 4.90 Å². The second-order valence-corrected chi connectivity index (χ2v) is 6.90. The van der Waals surface area contributed by atoms with Crippen LogP contribution in [0.15, 0.2) is 18.5 Å². The standard InChI is InChI=1S/C11H17N3O3S/c1-9(14-6-3-5-12-14)11(15)13(2)10-4-7-18(16,17)8-10/h3,5-6,9-10H,4,7-8H2,1-2H3/t9-,10+/m0/s1. The Morgan fingerprint density at radius 1 is 1.56 bits per heavy atom. The Balaban J connectivity index is 2.06. The van der Waals surface area contributed by atoms with Gasteiger partial charge in [0.1, 0.15) is 6.04 Å². The summed E-state index contributed by atoms with van der Waals surface area (Å²) < 4.78 is 24.4. The second kappa shape index (κ2) is 4.72. The maximum atomic E-state index is 12.2. The number of likely N-dealkylation sites (N-methyl/N-ethyl adjacent to an activating group) is 1. The molecule has 0 N–H and O–H groups in total. The van der Waals surface area contributed by atoms with Crippen molar-refractivity contribution in [2.24, 2.45) is 0 Å². The Morgan fingerprint density at radius 2 is 2.28 bits per heavy atom. The number of sulfone groups is 1. The van der Waals surface area contributed by atoms with Crippen molar-refractivity contribution >= 4 is 15.7 Å². The average molecular weight is 271 g/mol. The summed E-state index contributed by atoms with van der Waals surface area (Å²) in [7, 11) is -1.31. The van der Waals surface area contributed by atoms with E-state index in [9.17, 15) is 13.2 Å². The zero-order valence-corrected chi connectivity index (χ0v) is 11.3. The quantitative estimate of drug-likeness (QED) is 0.781. The first-order valence-corrected chi connectivity index (χ1v) is 7.69. The number of amides is 1. The third kappa shape index (κ3) is 2.55. The summed E-state index contributed by atoms with van der Waals surface area (Å²) in [6.45, 7) is 1.76. The number of aromatic nitrogens is 2. The number of rotatable bonds is 3. The van der Waals surface area contributed by atoms with E-state index in [0.29, 0.717) is 6.42 Å². The van der Waals surface area contributed by atoms with Crippen LogP contribution in [0.5, 0.6) is 0 Å². The molecule has 6 nitrogen and oxygen atoms in total. The van der Waals surface area contributed by atoms with Crippen LogP contribution in [0.2, 0.25) is 0 Å². The molecule has 1 amide bonds. The molecule has 100 valence electrons. The molecule has 18 heavy (non-hydrogen) atoms. The van der Waals surface area contributed by atoms with Crippen molar-refractivity contribution in [1.29, 1.82) is 0 Å². The average Bonchev–Trinajstić information content (AvgIpc) is 2.95. The number of carbonyl (C=O) groups excluding carboxylic acids is 1. The highest BCUT2D eigenvalue weighted by atomic mass is 32.2. The second-order valence-electron chi connectivity index (χ2n) is 4.67. The molecule has 0 radical (unpaired) electrons. The minimum absolute atomic E-state index is 0.0705. The lowest BCUT2D eigenvalue weighted by molar-refractivity contribution is -0.134.